The zero-order valence-corrected chi connectivity index (χ0v) is 13.9. The minimum Gasteiger partial charge on any atom is -0.506 e. The molecule has 0 radical (unpaired) electrons. The summed E-state index contributed by atoms with van der Waals surface area (Å²) in [5.74, 6) is 1.56. The van der Waals surface area contributed by atoms with E-state index in [1.165, 1.54) is 0 Å². The standard InChI is InChI=1S/C18H18N2O4/c1-9-15-13(18(22)20-17(15)19-10(2)16(9)21)8-11-7-12(23-3)5-6-14(11)24-4/h5-8,21H,1-4H3,(H,19,20,22). The van der Waals surface area contributed by atoms with Crippen molar-refractivity contribution in [2.45, 2.75) is 13.8 Å². The summed E-state index contributed by atoms with van der Waals surface area (Å²) in [6.45, 7) is 3.46. The molecule has 0 aliphatic carbocycles. The van der Waals surface area contributed by atoms with Gasteiger partial charge in [0.25, 0.3) is 5.91 Å². The summed E-state index contributed by atoms with van der Waals surface area (Å²) < 4.78 is 10.6. The maximum Gasteiger partial charge on any atom is 0.257 e. The molecule has 6 heteroatoms. The summed E-state index contributed by atoms with van der Waals surface area (Å²) in [4.78, 5) is 16.6. The predicted molar refractivity (Wildman–Crippen MR) is 91.4 cm³/mol. The van der Waals surface area contributed by atoms with Gasteiger partial charge in [-0.2, -0.15) is 0 Å². The number of hydrogen-bond donors (Lipinski definition) is 2. The number of rotatable bonds is 3. The van der Waals surface area contributed by atoms with Gasteiger partial charge in [0.05, 0.1) is 25.5 Å². The predicted octanol–water partition coefficient (Wildman–Crippen LogP) is 2.91. The highest BCUT2D eigenvalue weighted by atomic mass is 16.5. The van der Waals surface area contributed by atoms with Crippen LogP contribution in [0.25, 0.3) is 11.6 Å². The summed E-state index contributed by atoms with van der Waals surface area (Å²) in [7, 11) is 3.14. The average molecular weight is 326 g/mol. The Bertz CT molecular complexity index is 872. The first-order valence-corrected chi connectivity index (χ1v) is 7.42. The van der Waals surface area contributed by atoms with E-state index in [1.54, 1.807) is 52.3 Å². The van der Waals surface area contributed by atoms with Crippen LogP contribution in [0.5, 0.6) is 17.2 Å². The molecule has 0 saturated heterocycles. The van der Waals surface area contributed by atoms with Gasteiger partial charge in [0.15, 0.2) is 0 Å². The van der Waals surface area contributed by atoms with Crippen LogP contribution in [0.4, 0.5) is 5.82 Å². The first kappa shape index (κ1) is 15.9. The number of nitrogens with zero attached hydrogens (tertiary/aromatic N) is 1. The lowest BCUT2D eigenvalue weighted by Gasteiger charge is -2.10. The van der Waals surface area contributed by atoms with Gasteiger partial charge in [-0.1, -0.05) is 0 Å². The molecule has 0 atom stereocenters. The summed E-state index contributed by atoms with van der Waals surface area (Å²) in [6, 6.07) is 5.34. The lowest BCUT2D eigenvalue weighted by molar-refractivity contribution is -0.110. The van der Waals surface area contributed by atoms with E-state index in [4.69, 9.17) is 9.47 Å². The fraction of sp³-hybridized carbons (Fsp3) is 0.222. The largest absolute Gasteiger partial charge is 0.506 e. The van der Waals surface area contributed by atoms with Crippen molar-refractivity contribution in [1.82, 2.24) is 4.98 Å². The van der Waals surface area contributed by atoms with Crippen molar-refractivity contribution in [2.24, 2.45) is 0 Å². The molecule has 6 nitrogen and oxygen atoms in total. The van der Waals surface area contributed by atoms with Gasteiger partial charge in [-0.25, -0.2) is 4.98 Å². The number of amides is 1. The molecule has 1 aromatic heterocycles. The zero-order valence-electron chi connectivity index (χ0n) is 13.9. The number of aromatic nitrogens is 1. The Balaban J connectivity index is 2.20. The number of aryl methyl sites for hydroxylation is 1. The molecule has 0 spiro atoms. The number of aromatic hydroxyl groups is 1. The summed E-state index contributed by atoms with van der Waals surface area (Å²) in [5, 5.41) is 12.9. The molecule has 0 unspecified atom stereocenters. The number of carbonyl (C=O) groups is 1. The van der Waals surface area contributed by atoms with Crippen molar-refractivity contribution in [1.29, 1.82) is 0 Å². The highest BCUT2D eigenvalue weighted by Crippen LogP contribution is 2.40. The third-order valence-electron chi connectivity index (χ3n) is 4.07. The second kappa shape index (κ2) is 5.88. The quantitative estimate of drug-likeness (QED) is 0.848. The van der Waals surface area contributed by atoms with Crippen LogP contribution >= 0.6 is 0 Å². The van der Waals surface area contributed by atoms with Crippen LogP contribution in [0, 0.1) is 13.8 Å². The van der Waals surface area contributed by atoms with Crippen molar-refractivity contribution in [3.63, 3.8) is 0 Å². The van der Waals surface area contributed by atoms with Crippen LogP contribution in [0.15, 0.2) is 18.2 Å². The zero-order chi connectivity index (χ0) is 17.4. The molecule has 2 N–H and O–H groups in total. The molecular formula is C18H18N2O4. The number of ether oxygens (including phenoxy) is 2. The second-order valence-electron chi connectivity index (χ2n) is 5.51. The number of benzene rings is 1. The van der Waals surface area contributed by atoms with E-state index in [1.807, 2.05) is 0 Å². The van der Waals surface area contributed by atoms with Crippen molar-refractivity contribution in [3.8, 4) is 17.2 Å². The molecular weight excluding hydrogens is 308 g/mol. The molecule has 24 heavy (non-hydrogen) atoms. The topological polar surface area (TPSA) is 80.7 Å². The number of fused-ring (bicyclic) bond motifs is 1. The summed E-state index contributed by atoms with van der Waals surface area (Å²) in [6.07, 6.45) is 1.71. The number of nitrogens with one attached hydrogen (secondary N) is 1. The molecule has 0 fully saturated rings. The van der Waals surface area contributed by atoms with Gasteiger partial charge in [0, 0.05) is 16.7 Å². The first-order valence-electron chi connectivity index (χ1n) is 7.42. The minimum absolute atomic E-state index is 0.0914. The number of anilines is 1. The number of pyridine rings is 1. The van der Waals surface area contributed by atoms with E-state index >= 15 is 0 Å². The SMILES string of the molecule is COc1ccc(OC)c(C=C2C(=O)Nc3nc(C)c(O)c(C)c32)c1. The van der Waals surface area contributed by atoms with Gasteiger partial charge in [-0.3, -0.25) is 4.79 Å². The van der Waals surface area contributed by atoms with E-state index in [0.29, 0.717) is 45.3 Å². The Kier molecular flexibility index (Phi) is 3.89. The van der Waals surface area contributed by atoms with Crippen molar-refractivity contribution in [3.05, 3.63) is 40.6 Å². The smallest absolute Gasteiger partial charge is 0.257 e. The van der Waals surface area contributed by atoms with Crippen LogP contribution in [-0.2, 0) is 4.79 Å². The molecule has 2 aromatic rings. The van der Waals surface area contributed by atoms with E-state index in [2.05, 4.69) is 10.3 Å². The Morgan fingerprint density at radius 1 is 1.21 bits per heavy atom. The second-order valence-corrected chi connectivity index (χ2v) is 5.51. The molecule has 0 bridgehead atoms. The van der Waals surface area contributed by atoms with E-state index in [9.17, 15) is 9.90 Å². The Labute approximate surface area is 139 Å². The average Bonchev–Trinajstić information content (AvgIpc) is 2.88. The Morgan fingerprint density at radius 3 is 2.62 bits per heavy atom. The van der Waals surface area contributed by atoms with Gasteiger partial charge in [0.1, 0.15) is 23.1 Å². The third-order valence-corrected chi connectivity index (χ3v) is 4.07. The summed E-state index contributed by atoms with van der Waals surface area (Å²) in [5.41, 5.74) is 2.83. The normalized spacial score (nSPS) is 14.5. The van der Waals surface area contributed by atoms with Crippen LogP contribution in [-0.4, -0.2) is 30.2 Å². The molecule has 1 aliphatic heterocycles. The molecule has 1 aromatic carbocycles. The van der Waals surface area contributed by atoms with Crippen LogP contribution < -0.4 is 14.8 Å². The van der Waals surface area contributed by atoms with E-state index < -0.39 is 0 Å². The first-order chi connectivity index (χ1) is 11.5. The van der Waals surface area contributed by atoms with Gasteiger partial charge < -0.3 is 19.9 Å². The van der Waals surface area contributed by atoms with Crippen molar-refractivity contribution in [2.75, 3.05) is 19.5 Å². The maximum absolute atomic E-state index is 12.4. The molecule has 1 amide bonds. The molecule has 2 heterocycles. The van der Waals surface area contributed by atoms with Crippen LogP contribution in [0.1, 0.15) is 22.4 Å². The number of hydrogen-bond acceptors (Lipinski definition) is 5. The molecule has 0 saturated carbocycles. The molecule has 3 rings (SSSR count). The number of carbonyl (C=O) groups excluding carboxylic acids is 1. The monoisotopic (exact) mass is 326 g/mol. The van der Waals surface area contributed by atoms with Crippen molar-refractivity contribution < 1.29 is 19.4 Å². The van der Waals surface area contributed by atoms with Gasteiger partial charge in [0.2, 0.25) is 0 Å². The highest BCUT2D eigenvalue weighted by Gasteiger charge is 2.29. The lowest BCUT2D eigenvalue weighted by Crippen LogP contribution is -2.04. The lowest BCUT2D eigenvalue weighted by atomic mass is 9.99. The molecule has 124 valence electrons. The van der Waals surface area contributed by atoms with Crippen LogP contribution in [0.3, 0.4) is 0 Å². The fourth-order valence-electron chi connectivity index (χ4n) is 2.80. The van der Waals surface area contributed by atoms with Gasteiger partial charge in [-0.05, 0) is 38.1 Å². The highest BCUT2D eigenvalue weighted by molar-refractivity contribution is 6.35. The van der Waals surface area contributed by atoms with Gasteiger partial charge in [-0.15, -0.1) is 0 Å². The van der Waals surface area contributed by atoms with E-state index in [0.717, 1.165) is 0 Å². The maximum atomic E-state index is 12.4. The Morgan fingerprint density at radius 2 is 1.96 bits per heavy atom. The molecule has 1 aliphatic rings. The number of methoxy groups -OCH3 is 2. The minimum atomic E-state index is -0.268. The van der Waals surface area contributed by atoms with Crippen molar-refractivity contribution >= 4 is 23.4 Å². The summed E-state index contributed by atoms with van der Waals surface area (Å²) >= 11 is 0. The van der Waals surface area contributed by atoms with E-state index in [-0.39, 0.29) is 11.7 Å². The Hall–Kier alpha value is -3.02. The third kappa shape index (κ3) is 2.46. The van der Waals surface area contributed by atoms with Gasteiger partial charge >= 0.3 is 0 Å². The fourth-order valence-corrected chi connectivity index (χ4v) is 2.80. The van der Waals surface area contributed by atoms with Crippen LogP contribution in [0.2, 0.25) is 0 Å².